The average Bonchev–Trinajstić information content (AvgIpc) is 2.47. The number of unbranched alkanes of at least 4 members (excludes halogenated alkanes) is 11. The van der Waals surface area contributed by atoms with E-state index in [0.717, 1.165) is 12.3 Å². The molecular weight excluding hydrogens is 240 g/mol. The van der Waals surface area contributed by atoms with E-state index in [9.17, 15) is 0 Å². The second kappa shape index (κ2) is 17.1. The maximum absolute atomic E-state index is 3.94. The zero-order chi connectivity index (χ0) is 14.9. The van der Waals surface area contributed by atoms with Crippen molar-refractivity contribution in [2.45, 2.75) is 117 Å². The zero-order valence-electron chi connectivity index (χ0n) is 14.6. The van der Waals surface area contributed by atoms with Crippen LogP contribution in [0.15, 0.2) is 0 Å². The summed E-state index contributed by atoms with van der Waals surface area (Å²) in [5.41, 5.74) is 0. The molecule has 0 bridgehead atoms. The van der Waals surface area contributed by atoms with E-state index in [4.69, 9.17) is 0 Å². The first kappa shape index (κ1) is 20.0. The molecule has 0 aliphatic rings. The largest absolute Gasteiger partial charge is 0.0654 e. The standard InChI is InChI=1S/C20H41/c1-4-7-9-10-11-12-13-14-15-17-19-20(6-3)18-16-8-5-2/h20H,2,4-19H2,1,3H3. The van der Waals surface area contributed by atoms with Gasteiger partial charge in [0.25, 0.3) is 0 Å². The molecule has 0 amide bonds. The van der Waals surface area contributed by atoms with Gasteiger partial charge in [-0.3, -0.25) is 0 Å². The Bertz CT molecular complexity index is 161. The summed E-state index contributed by atoms with van der Waals surface area (Å²) in [4.78, 5) is 0. The van der Waals surface area contributed by atoms with Crippen molar-refractivity contribution in [3.05, 3.63) is 6.92 Å². The van der Waals surface area contributed by atoms with Crippen LogP contribution in [0.5, 0.6) is 0 Å². The molecule has 20 heavy (non-hydrogen) atoms. The van der Waals surface area contributed by atoms with Crippen molar-refractivity contribution in [1.29, 1.82) is 0 Å². The summed E-state index contributed by atoms with van der Waals surface area (Å²) in [6, 6.07) is 0. The molecule has 0 aliphatic carbocycles. The van der Waals surface area contributed by atoms with Crippen molar-refractivity contribution in [1.82, 2.24) is 0 Å². The van der Waals surface area contributed by atoms with Gasteiger partial charge in [-0.1, -0.05) is 124 Å². The normalized spacial score (nSPS) is 12.8. The van der Waals surface area contributed by atoms with E-state index < -0.39 is 0 Å². The summed E-state index contributed by atoms with van der Waals surface area (Å²) in [6.07, 6.45) is 22.7. The Morgan fingerprint density at radius 3 is 1.50 bits per heavy atom. The highest BCUT2D eigenvalue weighted by molar-refractivity contribution is 4.59. The van der Waals surface area contributed by atoms with Gasteiger partial charge in [0.2, 0.25) is 0 Å². The molecule has 1 atom stereocenters. The first-order chi connectivity index (χ1) is 9.85. The fourth-order valence-electron chi connectivity index (χ4n) is 3.08. The monoisotopic (exact) mass is 281 g/mol. The van der Waals surface area contributed by atoms with Crippen LogP contribution in [0.3, 0.4) is 0 Å². The molecule has 0 aromatic heterocycles. The van der Waals surface area contributed by atoms with Gasteiger partial charge in [-0.05, 0) is 5.92 Å². The Hall–Kier alpha value is 0. The lowest BCUT2D eigenvalue weighted by Crippen LogP contribution is -1.99. The molecule has 0 heterocycles. The van der Waals surface area contributed by atoms with Crippen LogP contribution in [0, 0.1) is 12.8 Å². The van der Waals surface area contributed by atoms with Gasteiger partial charge in [0.1, 0.15) is 0 Å². The molecule has 1 radical (unpaired) electrons. The third-order valence-electron chi connectivity index (χ3n) is 4.66. The van der Waals surface area contributed by atoms with Crippen LogP contribution >= 0.6 is 0 Å². The summed E-state index contributed by atoms with van der Waals surface area (Å²) in [5.74, 6) is 0.996. The van der Waals surface area contributed by atoms with Gasteiger partial charge in [0.05, 0.1) is 0 Å². The molecule has 0 saturated heterocycles. The van der Waals surface area contributed by atoms with E-state index in [1.54, 1.807) is 0 Å². The van der Waals surface area contributed by atoms with Crippen molar-refractivity contribution in [3.63, 3.8) is 0 Å². The average molecular weight is 282 g/mol. The summed E-state index contributed by atoms with van der Waals surface area (Å²) in [6.45, 7) is 8.60. The van der Waals surface area contributed by atoms with Gasteiger partial charge < -0.3 is 0 Å². The van der Waals surface area contributed by atoms with Crippen LogP contribution in [-0.4, -0.2) is 0 Å². The molecule has 0 aliphatic heterocycles. The van der Waals surface area contributed by atoms with Gasteiger partial charge in [0, 0.05) is 0 Å². The highest BCUT2D eigenvalue weighted by atomic mass is 14.1. The van der Waals surface area contributed by atoms with E-state index in [1.807, 2.05) is 0 Å². The maximum atomic E-state index is 3.94. The van der Waals surface area contributed by atoms with Gasteiger partial charge in [-0.25, -0.2) is 0 Å². The number of hydrogen-bond donors (Lipinski definition) is 0. The molecule has 0 N–H and O–H groups in total. The minimum atomic E-state index is 0.996. The minimum absolute atomic E-state index is 0.996. The van der Waals surface area contributed by atoms with Crippen molar-refractivity contribution in [2.75, 3.05) is 0 Å². The lowest BCUT2D eigenvalue weighted by atomic mass is 9.92. The van der Waals surface area contributed by atoms with Gasteiger partial charge >= 0.3 is 0 Å². The maximum Gasteiger partial charge on any atom is -0.0417 e. The third kappa shape index (κ3) is 14.4. The van der Waals surface area contributed by atoms with Gasteiger partial charge in [0.15, 0.2) is 0 Å². The Balaban J connectivity index is 3.20. The topological polar surface area (TPSA) is 0 Å². The lowest BCUT2D eigenvalue weighted by Gasteiger charge is -2.14. The summed E-state index contributed by atoms with van der Waals surface area (Å²) in [7, 11) is 0. The van der Waals surface area contributed by atoms with E-state index >= 15 is 0 Å². The molecule has 0 spiro atoms. The summed E-state index contributed by atoms with van der Waals surface area (Å²) in [5, 5.41) is 0. The van der Waals surface area contributed by atoms with Crippen LogP contribution in [-0.2, 0) is 0 Å². The molecule has 0 heteroatoms. The molecule has 0 aromatic rings. The quantitative estimate of drug-likeness (QED) is 0.254. The van der Waals surface area contributed by atoms with Crippen molar-refractivity contribution < 1.29 is 0 Å². The molecule has 0 aromatic carbocycles. The van der Waals surface area contributed by atoms with Crippen molar-refractivity contribution in [3.8, 4) is 0 Å². The molecule has 0 saturated carbocycles. The minimum Gasteiger partial charge on any atom is -0.0654 e. The second-order valence-corrected chi connectivity index (χ2v) is 6.59. The Morgan fingerprint density at radius 1 is 0.600 bits per heavy atom. The van der Waals surface area contributed by atoms with Crippen LogP contribution in [0.25, 0.3) is 0 Å². The van der Waals surface area contributed by atoms with Gasteiger partial charge in [-0.2, -0.15) is 0 Å². The number of rotatable bonds is 16. The Morgan fingerprint density at radius 2 is 1.05 bits per heavy atom. The molecular formula is C20H41. The summed E-state index contributed by atoms with van der Waals surface area (Å²) >= 11 is 0. The third-order valence-corrected chi connectivity index (χ3v) is 4.66. The lowest BCUT2D eigenvalue weighted by molar-refractivity contribution is 0.397. The smallest absolute Gasteiger partial charge is 0.0417 e. The predicted octanol–water partition coefficient (Wildman–Crippen LogP) is 7.72. The fourth-order valence-corrected chi connectivity index (χ4v) is 3.08. The molecule has 121 valence electrons. The number of hydrogen-bond acceptors (Lipinski definition) is 0. The molecule has 0 nitrogen and oxygen atoms in total. The fraction of sp³-hybridized carbons (Fsp3) is 0.950. The zero-order valence-corrected chi connectivity index (χ0v) is 14.6. The Kier molecular flexibility index (Phi) is 17.1. The van der Waals surface area contributed by atoms with E-state index in [1.165, 1.54) is 96.3 Å². The first-order valence-corrected chi connectivity index (χ1v) is 9.64. The van der Waals surface area contributed by atoms with E-state index in [2.05, 4.69) is 20.8 Å². The van der Waals surface area contributed by atoms with Crippen molar-refractivity contribution >= 4 is 0 Å². The second-order valence-electron chi connectivity index (χ2n) is 6.59. The summed E-state index contributed by atoms with van der Waals surface area (Å²) < 4.78 is 0. The van der Waals surface area contributed by atoms with E-state index in [0.29, 0.717) is 0 Å². The molecule has 0 rings (SSSR count). The van der Waals surface area contributed by atoms with Crippen LogP contribution in [0.1, 0.15) is 117 Å². The molecule has 1 unspecified atom stereocenters. The highest BCUT2D eigenvalue weighted by Crippen LogP contribution is 2.21. The van der Waals surface area contributed by atoms with Crippen LogP contribution < -0.4 is 0 Å². The van der Waals surface area contributed by atoms with E-state index in [-0.39, 0.29) is 0 Å². The van der Waals surface area contributed by atoms with Crippen molar-refractivity contribution in [2.24, 2.45) is 5.92 Å². The predicted molar refractivity (Wildman–Crippen MR) is 94.1 cm³/mol. The van der Waals surface area contributed by atoms with Gasteiger partial charge in [-0.15, -0.1) is 0 Å². The van der Waals surface area contributed by atoms with Crippen LogP contribution in [0.4, 0.5) is 0 Å². The highest BCUT2D eigenvalue weighted by Gasteiger charge is 2.05. The first-order valence-electron chi connectivity index (χ1n) is 9.64. The molecule has 0 fully saturated rings. The van der Waals surface area contributed by atoms with Crippen LogP contribution in [0.2, 0.25) is 0 Å². The SMILES string of the molecule is [CH2]CCCCC(CC)CCCCCCCCCCCC. The Labute approximate surface area is 130 Å².